The van der Waals surface area contributed by atoms with Gasteiger partial charge in [-0.25, -0.2) is 4.99 Å². The number of nitrogens with one attached hydrogen (secondary N) is 1. The van der Waals surface area contributed by atoms with Crippen molar-refractivity contribution in [3.63, 3.8) is 0 Å². The Labute approximate surface area is 208 Å². The average molecular weight is 554 g/mol. The number of hydrogen-bond acceptors (Lipinski definition) is 5. The van der Waals surface area contributed by atoms with Gasteiger partial charge in [0.15, 0.2) is 5.96 Å². The fourth-order valence-corrected chi connectivity index (χ4v) is 3.61. The number of piperazine rings is 1. The third-order valence-corrected chi connectivity index (χ3v) is 5.21. The van der Waals surface area contributed by atoms with E-state index < -0.39 is 0 Å². The molecule has 0 spiro atoms. The summed E-state index contributed by atoms with van der Waals surface area (Å²) >= 11 is 0. The summed E-state index contributed by atoms with van der Waals surface area (Å²) in [5, 5.41) is 13.5. The molecule has 1 heterocycles. The summed E-state index contributed by atoms with van der Waals surface area (Å²) in [6.07, 6.45) is 0.871. The molecule has 1 aliphatic heterocycles. The Kier molecular flexibility index (Phi) is 11.4. The van der Waals surface area contributed by atoms with Gasteiger partial charge in [-0.05, 0) is 36.8 Å². The largest absolute Gasteiger partial charge is 0.506 e. The molecule has 32 heavy (non-hydrogen) atoms. The van der Waals surface area contributed by atoms with Gasteiger partial charge in [0.2, 0.25) is 0 Å². The SMILES string of the molecule is CCNC(=NCc1cccc(OCCCOC)c1)N1CCN(c2ccccc2O)CC1.I. The molecule has 0 bridgehead atoms. The monoisotopic (exact) mass is 554 g/mol. The van der Waals surface area contributed by atoms with Crippen LogP contribution in [0, 0.1) is 0 Å². The highest BCUT2D eigenvalue weighted by Gasteiger charge is 2.21. The first-order valence-electron chi connectivity index (χ1n) is 11.0. The lowest BCUT2D eigenvalue weighted by Gasteiger charge is -2.37. The molecular weight excluding hydrogens is 519 g/mol. The van der Waals surface area contributed by atoms with Gasteiger partial charge < -0.3 is 29.7 Å². The molecule has 1 aliphatic rings. The van der Waals surface area contributed by atoms with Gasteiger partial charge in [0.05, 0.1) is 18.8 Å². The molecule has 0 saturated carbocycles. The molecule has 8 heteroatoms. The lowest BCUT2D eigenvalue weighted by atomic mass is 10.2. The van der Waals surface area contributed by atoms with Crippen molar-refractivity contribution in [1.82, 2.24) is 10.2 Å². The van der Waals surface area contributed by atoms with E-state index in [1.54, 1.807) is 13.2 Å². The van der Waals surface area contributed by atoms with Gasteiger partial charge in [-0.1, -0.05) is 24.3 Å². The fraction of sp³-hybridized carbons (Fsp3) is 0.458. The van der Waals surface area contributed by atoms with Gasteiger partial charge in [0.1, 0.15) is 11.5 Å². The predicted octanol–water partition coefficient (Wildman–Crippen LogP) is 3.71. The summed E-state index contributed by atoms with van der Waals surface area (Å²) in [6.45, 7) is 8.23. The topological polar surface area (TPSA) is 69.6 Å². The van der Waals surface area contributed by atoms with Crippen molar-refractivity contribution in [3.8, 4) is 11.5 Å². The quantitative estimate of drug-likeness (QED) is 0.213. The second-order valence-corrected chi connectivity index (χ2v) is 7.48. The summed E-state index contributed by atoms with van der Waals surface area (Å²) in [6, 6.07) is 15.6. The maximum absolute atomic E-state index is 10.1. The minimum absolute atomic E-state index is 0. The molecule has 176 valence electrons. The average Bonchev–Trinajstić information content (AvgIpc) is 2.80. The van der Waals surface area contributed by atoms with Crippen molar-refractivity contribution < 1.29 is 14.6 Å². The molecule has 0 aromatic heterocycles. The molecule has 0 unspecified atom stereocenters. The van der Waals surface area contributed by atoms with Crippen LogP contribution in [0.25, 0.3) is 0 Å². The van der Waals surface area contributed by atoms with Crippen LogP contribution >= 0.6 is 24.0 Å². The fourth-order valence-electron chi connectivity index (χ4n) is 3.61. The number of nitrogens with zero attached hydrogens (tertiary/aromatic N) is 3. The smallest absolute Gasteiger partial charge is 0.194 e. The molecule has 1 saturated heterocycles. The highest BCUT2D eigenvalue weighted by Crippen LogP contribution is 2.27. The van der Waals surface area contributed by atoms with Crippen LogP contribution in [0.5, 0.6) is 11.5 Å². The van der Waals surface area contributed by atoms with E-state index in [1.165, 1.54) is 0 Å². The molecule has 2 aromatic carbocycles. The van der Waals surface area contributed by atoms with E-state index in [2.05, 4.69) is 34.2 Å². The maximum Gasteiger partial charge on any atom is 0.194 e. The van der Waals surface area contributed by atoms with Crippen molar-refractivity contribution in [2.24, 2.45) is 4.99 Å². The molecule has 2 N–H and O–H groups in total. The Balaban J connectivity index is 0.00000363. The van der Waals surface area contributed by atoms with E-state index in [1.807, 2.05) is 30.3 Å². The van der Waals surface area contributed by atoms with E-state index in [-0.39, 0.29) is 24.0 Å². The predicted molar refractivity (Wildman–Crippen MR) is 141 cm³/mol. The molecule has 0 radical (unpaired) electrons. The third kappa shape index (κ3) is 7.74. The highest BCUT2D eigenvalue weighted by molar-refractivity contribution is 14.0. The molecule has 0 amide bonds. The van der Waals surface area contributed by atoms with Crippen LogP contribution in [0.4, 0.5) is 5.69 Å². The molecule has 7 nitrogen and oxygen atoms in total. The van der Waals surface area contributed by atoms with Crippen LogP contribution in [0.15, 0.2) is 53.5 Å². The van der Waals surface area contributed by atoms with Crippen LogP contribution in [0.3, 0.4) is 0 Å². The molecular formula is C24H35IN4O3. The number of phenols is 1. The van der Waals surface area contributed by atoms with Gasteiger partial charge in [-0.15, -0.1) is 24.0 Å². The van der Waals surface area contributed by atoms with Gasteiger partial charge in [-0.3, -0.25) is 0 Å². The van der Waals surface area contributed by atoms with Crippen LogP contribution in [-0.2, 0) is 11.3 Å². The zero-order valence-corrected chi connectivity index (χ0v) is 21.3. The van der Waals surface area contributed by atoms with Crippen LogP contribution in [0.2, 0.25) is 0 Å². The summed E-state index contributed by atoms with van der Waals surface area (Å²) in [4.78, 5) is 9.37. The Morgan fingerprint density at radius 1 is 1.06 bits per heavy atom. The lowest BCUT2D eigenvalue weighted by molar-refractivity contribution is 0.172. The maximum atomic E-state index is 10.1. The van der Waals surface area contributed by atoms with E-state index in [4.69, 9.17) is 14.5 Å². The van der Waals surface area contributed by atoms with Gasteiger partial charge in [-0.2, -0.15) is 0 Å². The summed E-state index contributed by atoms with van der Waals surface area (Å²) < 4.78 is 10.9. The second-order valence-electron chi connectivity index (χ2n) is 7.48. The highest BCUT2D eigenvalue weighted by atomic mass is 127. The summed E-state index contributed by atoms with van der Waals surface area (Å²) in [5.41, 5.74) is 2.01. The van der Waals surface area contributed by atoms with E-state index in [9.17, 15) is 5.11 Å². The number of guanidine groups is 1. The standard InChI is InChI=1S/C24H34N4O3.HI/c1-3-25-24(26-19-20-8-6-9-21(18-20)31-17-7-16-30-2)28-14-12-27(13-15-28)22-10-4-5-11-23(22)29;/h4-6,8-11,18,29H,3,7,12-17,19H2,1-2H3,(H,25,26);1H. The first-order chi connectivity index (χ1) is 15.2. The van der Waals surface area contributed by atoms with Crippen molar-refractivity contribution >= 4 is 35.6 Å². The van der Waals surface area contributed by atoms with Crippen molar-refractivity contribution in [2.45, 2.75) is 19.9 Å². The van der Waals surface area contributed by atoms with Gasteiger partial charge in [0, 0.05) is 52.9 Å². The minimum Gasteiger partial charge on any atom is -0.506 e. The third-order valence-electron chi connectivity index (χ3n) is 5.21. The number of phenolic OH excluding ortho intramolecular Hbond substituents is 1. The molecule has 1 fully saturated rings. The number of aromatic hydroxyl groups is 1. The Bertz CT molecular complexity index is 841. The van der Waals surface area contributed by atoms with E-state index in [0.29, 0.717) is 25.5 Å². The molecule has 0 atom stereocenters. The number of halogens is 1. The first kappa shape index (κ1) is 26.1. The second kappa shape index (κ2) is 14.1. The number of ether oxygens (including phenoxy) is 2. The van der Waals surface area contributed by atoms with Crippen LogP contribution < -0.4 is 15.0 Å². The lowest BCUT2D eigenvalue weighted by Crippen LogP contribution is -2.52. The first-order valence-corrected chi connectivity index (χ1v) is 11.0. The van der Waals surface area contributed by atoms with Gasteiger partial charge in [0.25, 0.3) is 0 Å². The number of rotatable bonds is 9. The van der Waals surface area contributed by atoms with Crippen LogP contribution in [0.1, 0.15) is 18.9 Å². The van der Waals surface area contributed by atoms with E-state index >= 15 is 0 Å². The number of hydrogen-bond donors (Lipinski definition) is 2. The van der Waals surface area contributed by atoms with Crippen LogP contribution in [-0.4, -0.2) is 69.0 Å². The summed E-state index contributed by atoms with van der Waals surface area (Å²) in [7, 11) is 1.70. The number of methoxy groups -OCH3 is 1. The number of anilines is 1. The Hall–Kier alpha value is -2.20. The number of aliphatic imine (C=N–C) groups is 1. The normalized spacial score (nSPS) is 14.1. The number of benzene rings is 2. The Morgan fingerprint density at radius 3 is 2.56 bits per heavy atom. The van der Waals surface area contributed by atoms with Crippen molar-refractivity contribution in [1.29, 1.82) is 0 Å². The van der Waals surface area contributed by atoms with E-state index in [0.717, 1.165) is 62.1 Å². The molecule has 2 aromatic rings. The molecule has 0 aliphatic carbocycles. The zero-order valence-electron chi connectivity index (χ0n) is 19.0. The summed E-state index contributed by atoms with van der Waals surface area (Å²) in [5.74, 6) is 2.12. The van der Waals surface area contributed by atoms with Crippen molar-refractivity contribution in [3.05, 3.63) is 54.1 Å². The molecule has 3 rings (SSSR count). The zero-order chi connectivity index (χ0) is 21.9. The Morgan fingerprint density at radius 2 is 1.84 bits per heavy atom. The number of para-hydroxylation sites is 2. The minimum atomic E-state index is 0. The van der Waals surface area contributed by atoms with Crippen molar-refractivity contribution in [2.75, 3.05) is 57.9 Å². The van der Waals surface area contributed by atoms with Gasteiger partial charge >= 0.3 is 0 Å².